The lowest BCUT2D eigenvalue weighted by molar-refractivity contribution is -0.140. The van der Waals surface area contributed by atoms with Gasteiger partial charge in [0.05, 0.1) is 5.56 Å². The number of halogens is 2. The lowest BCUT2D eigenvalue weighted by atomic mass is 10.1. The molecule has 0 aliphatic carbocycles. The van der Waals surface area contributed by atoms with Crippen LogP contribution in [0.15, 0.2) is 21.5 Å². The normalized spacial score (nSPS) is 13.0. The summed E-state index contributed by atoms with van der Waals surface area (Å²) >= 11 is 2.96. The number of carboxylic acids is 1. The topological polar surface area (TPSA) is 107 Å². The molecule has 1 unspecified atom stereocenters. The van der Waals surface area contributed by atoms with Crippen LogP contribution in [0.4, 0.5) is 4.39 Å². The van der Waals surface area contributed by atoms with Crippen LogP contribution in [0.2, 0.25) is 0 Å². The molecule has 2 N–H and O–H groups in total. The van der Waals surface area contributed by atoms with Crippen LogP contribution in [0.3, 0.4) is 0 Å². The van der Waals surface area contributed by atoms with Gasteiger partial charge in [-0.2, -0.15) is 9.98 Å². The van der Waals surface area contributed by atoms with Crippen LogP contribution < -0.4 is 4.72 Å². The molecule has 1 aromatic carbocycles. The first kappa shape index (κ1) is 17.6. The molecule has 0 bridgehead atoms. The van der Waals surface area contributed by atoms with Gasteiger partial charge in [-0.1, -0.05) is 13.8 Å². The first-order valence-electron chi connectivity index (χ1n) is 5.74. The Balaban J connectivity index is 3.29. The molecule has 0 aliphatic heterocycles. The highest BCUT2D eigenvalue weighted by Crippen LogP contribution is 2.24. The van der Waals surface area contributed by atoms with Gasteiger partial charge >= 0.3 is 5.97 Å². The zero-order valence-corrected chi connectivity index (χ0v) is 13.5. The van der Waals surface area contributed by atoms with E-state index in [1.807, 2.05) is 4.72 Å². The molecule has 0 fully saturated rings. The molecule has 0 saturated heterocycles. The van der Waals surface area contributed by atoms with E-state index < -0.39 is 38.7 Å². The van der Waals surface area contributed by atoms with E-state index in [2.05, 4.69) is 15.9 Å². The monoisotopic (exact) mass is 378 g/mol. The Bertz CT molecular complexity index is 713. The fraction of sp³-hybridized carbons (Fsp3) is 0.333. The Kier molecular flexibility index (Phi) is 5.44. The van der Waals surface area contributed by atoms with Crippen molar-refractivity contribution in [1.82, 2.24) is 4.72 Å². The second-order valence-electron chi connectivity index (χ2n) is 4.56. The minimum Gasteiger partial charge on any atom is -0.480 e. The number of rotatable bonds is 5. The van der Waals surface area contributed by atoms with Gasteiger partial charge in [0, 0.05) is 4.47 Å². The van der Waals surface area contributed by atoms with Crippen LogP contribution in [-0.4, -0.2) is 25.5 Å². The van der Waals surface area contributed by atoms with Crippen LogP contribution in [0.25, 0.3) is 0 Å². The van der Waals surface area contributed by atoms with Crippen molar-refractivity contribution in [3.05, 3.63) is 28.0 Å². The maximum Gasteiger partial charge on any atom is 0.322 e. The molecule has 0 heterocycles. The lowest BCUT2D eigenvalue weighted by Crippen LogP contribution is -2.44. The van der Waals surface area contributed by atoms with Gasteiger partial charge < -0.3 is 5.11 Å². The molecule has 1 atom stereocenters. The number of sulfonamides is 1. The van der Waals surface area contributed by atoms with Crippen LogP contribution in [0.1, 0.15) is 19.4 Å². The summed E-state index contributed by atoms with van der Waals surface area (Å²) in [6, 6.07) is 2.00. The highest BCUT2D eigenvalue weighted by molar-refractivity contribution is 9.10. The molecule has 0 radical (unpaired) electrons. The van der Waals surface area contributed by atoms with Crippen molar-refractivity contribution >= 4 is 31.9 Å². The maximum atomic E-state index is 13.8. The average Bonchev–Trinajstić information content (AvgIpc) is 2.37. The quantitative estimate of drug-likeness (QED) is 0.812. The SMILES string of the molecule is CC(C)C(NS(=O)(=O)c1cc(Br)c(C#N)cc1F)C(=O)O. The zero-order chi connectivity index (χ0) is 16.4. The van der Waals surface area contributed by atoms with Gasteiger partial charge in [-0.25, -0.2) is 12.8 Å². The van der Waals surface area contributed by atoms with Crippen molar-refractivity contribution in [3.63, 3.8) is 0 Å². The van der Waals surface area contributed by atoms with Crippen molar-refractivity contribution in [1.29, 1.82) is 5.26 Å². The molecular formula is C12H12BrFN2O4S. The number of hydrogen-bond acceptors (Lipinski definition) is 4. The van der Waals surface area contributed by atoms with Gasteiger partial charge in [0.15, 0.2) is 0 Å². The highest BCUT2D eigenvalue weighted by atomic mass is 79.9. The summed E-state index contributed by atoms with van der Waals surface area (Å²) in [4.78, 5) is 10.3. The van der Waals surface area contributed by atoms with Gasteiger partial charge in [-0.15, -0.1) is 0 Å². The second kappa shape index (κ2) is 6.51. The average molecular weight is 379 g/mol. The summed E-state index contributed by atoms with van der Waals surface area (Å²) in [7, 11) is -4.37. The molecule has 114 valence electrons. The number of carbonyl (C=O) groups is 1. The van der Waals surface area contributed by atoms with E-state index in [0.29, 0.717) is 0 Å². The fourth-order valence-electron chi connectivity index (χ4n) is 1.52. The van der Waals surface area contributed by atoms with E-state index >= 15 is 0 Å². The predicted octanol–water partition coefficient (Wildman–Crippen LogP) is 1.85. The Morgan fingerprint density at radius 3 is 2.48 bits per heavy atom. The highest BCUT2D eigenvalue weighted by Gasteiger charge is 2.30. The van der Waals surface area contributed by atoms with Crippen LogP contribution in [0.5, 0.6) is 0 Å². The molecule has 21 heavy (non-hydrogen) atoms. The number of nitrogens with zero attached hydrogens (tertiary/aromatic N) is 1. The third kappa shape index (κ3) is 4.00. The molecule has 0 aromatic heterocycles. The third-order valence-electron chi connectivity index (χ3n) is 2.65. The van der Waals surface area contributed by atoms with Gasteiger partial charge in [-0.3, -0.25) is 4.79 Å². The summed E-state index contributed by atoms with van der Waals surface area (Å²) in [6.45, 7) is 3.04. The summed E-state index contributed by atoms with van der Waals surface area (Å²) in [6.07, 6.45) is 0. The Labute approximate surface area is 129 Å². The van der Waals surface area contributed by atoms with Crippen LogP contribution in [-0.2, 0) is 14.8 Å². The minimum absolute atomic E-state index is 0.0647. The van der Waals surface area contributed by atoms with Crippen molar-refractivity contribution in [2.75, 3.05) is 0 Å². The number of nitriles is 1. The molecule has 0 spiro atoms. The maximum absolute atomic E-state index is 13.8. The summed E-state index contributed by atoms with van der Waals surface area (Å²) in [5, 5.41) is 17.7. The van der Waals surface area contributed by atoms with Crippen molar-refractivity contribution in [3.8, 4) is 6.07 Å². The number of hydrogen-bond donors (Lipinski definition) is 2. The zero-order valence-electron chi connectivity index (χ0n) is 11.1. The number of carboxylic acid groups (broad SMARTS) is 1. The standard InChI is InChI=1S/C12H12BrFN2O4S/c1-6(2)11(12(17)18)16-21(19,20)10-4-8(13)7(5-15)3-9(10)14/h3-4,6,11,16H,1-2H3,(H,17,18). The first-order chi connectivity index (χ1) is 9.60. The first-order valence-corrected chi connectivity index (χ1v) is 8.02. The van der Waals surface area contributed by atoms with Gasteiger partial charge in [0.1, 0.15) is 22.8 Å². The summed E-state index contributed by atoms with van der Waals surface area (Å²) in [5.41, 5.74) is -0.0647. The van der Waals surface area contributed by atoms with Crippen molar-refractivity contribution in [2.45, 2.75) is 24.8 Å². The molecule has 1 aromatic rings. The Hall–Kier alpha value is -1.50. The minimum atomic E-state index is -4.37. The molecule has 0 aliphatic rings. The van der Waals surface area contributed by atoms with Gasteiger partial charge in [-0.05, 0) is 34.0 Å². The van der Waals surface area contributed by atoms with Crippen molar-refractivity contribution in [2.24, 2.45) is 5.92 Å². The van der Waals surface area contributed by atoms with Crippen LogP contribution in [0, 0.1) is 23.1 Å². The molecule has 6 nitrogen and oxygen atoms in total. The number of benzene rings is 1. The van der Waals surface area contributed by atoms with E-state index in [9.17, 15) is 17.6 Å². The second-order valence-corrected chi connectivity index (χ2v) is 7.09. The van der Waals surface area contributed by atoms with E-state index in [4.69, 9.17) is 10.4 Å². The largest absolute Gasteiger partial charge is 0.480 e. The van der Waals surface area contributed by atoms with Crippen molar-refractivity contribution < 1.29 is 22.7 Å². The number of nitrogens with one attached hydrogen (secondary N) is 1. The van der Waals surface area contributed by atoms with Gasteiger partial charge in [0.25, 0.3) is 0 Å². The Morgan fingerprint density at radius 2 is 2.05 bits per heavy atom. The summed E-state index contributed by atoms with van der Waals surface area (Å²) < 4.78 is 40.1. The van der Waals surface area contributed by atoms with E-state index in [-0.39, 0.29) is 10.0 Å². The Morgan fingerprint density at radius 1 is 1.48 bits per heavy atom. The molecular weight excluding hydrogens is 367 g/mol. The molecule has 0 amide bonds. The van der Waals surface area contributed by atoms with E-state index in [1.165, 1.54) is 13.8 Å². The fourth-order valence-corrected chi connectivity index (χ4v) is 3.53. The predicted molar refractivity (Wildman–Crippen MR) is 75.4 cm³/mol. The molecule has 0 saturated carbocycles. The van der Waals surface area contributed by atoms with E-state index in [1.54, 1.807) is 6.07 Å². The smallest absolute Gasteiger partial charge is 0.322 e. The van der Waals surface area contributed by atoms with Crippen LogP contribution >= 0.6 is 15.9 Å². The summed E-state index contributed by atoms with van der Waals surface area (Å²) in [5.74, 6) is -3.01. The molecule has 9 heteroatoms. The molecule has 1 rings (SSSR count). The number of aliphatic carboxylic acids is 1. The lowest BCUT2D eigenvalue weighted by Gasteiger charge is -2.18. The van der Waals surface area contributed by atoms with E-state index in [0.717, 1.165) is 12.1 Å². The third-order valence-corrected chi connectivity index (χ3v) is 4.76. The van der Waals surface area contributed by atoms with Gasteiger partial charge in [0.2, 0.25) is 10.0 Å².